The maximum Gasteiger partial charge on any atom is 0.255 e. The van der Waals surface area contributed by atoms with Gasteiger partial charge in [-0.3, -0.25) is 19.4 Å². The number of benzene rings is 3. The van der Waals surface area contributed by atoms with Crippen molar-refractivity contribution in [1.29, 1.82) is 0 Å². The highest BCUT2D eigenvalue weighted by Gasteiger charge is 2.39. The van der Waals surface area contributed by atoms with Crippen LogP contribution in [-0.2, 0) is 4.79 Å². The summed E-state index contributed by atoms with van der Waals surface area (Å²) in [5.74, 6) is -0.702. The molecule has 1 aliphatic heterocycles. The summed E-state index contributed by atoms with van der Waals surface area (Å²) in [4.78, 5) is 30.8. The van der Waals surface area contributed by atoms with E-state index in [1.54, 1.807) is 48.5 Å². The third-order valence-electron chi connectivity index (χ3n) is 7.61. The molecule has 4 N–H and O–H groups in total. The lowest BCUT2D eigenvalue weighted by molar-refractivity contribution is -0.127. The molecule has 0 unspecified atom stereocenters. The number of carbonyl (C=O) groups is 2. The highest BCUT2D eigenvalue weighted by atomic mass is 19.1. The fraction of sp³-hybridized carbons (Fsp3) is 0.333. The molecule has 2 fully saturated rings. The molecule has 1 saturated carbocycles. The third kappa shape index (κ3) is 5.71. The van der Waals surface area contributed by atoms with Crippen molar-refractivity contribution >= 4 is 28.9 Å². The van der Waals surface area contributed by atoms with Gasteiger partial charge in [-0.2, -0.15) is 0 Å². The Hall–Kier alpha value is -3.75. The number of nitrogens with one attached hydrogen (secondary N) is 2. The van der Waals surface area contributed by atoms with E-state index >= 15 is 0 Å². The number of nitrogens with two attached hydrogens (primary N) is 1. The summed E-state index contributed by atoms with van der Waals surface area (Å²) in [6.07, 6.45) is 2.60. The first-order valence-electron chi connectivity index (χ1n) is 13.1. The summed E-state index contributed by atoms with van der Waals surface area (Å²) in [7, 11) is 0. The van der Waals surface area contributed by atoms with Gasteiger partial charge in [0.1, 0.15) is 5.82 Å². The van der Waals surface area contributed by atoms with E-state index in [4.69, 9.17) is 5.73 Å². The van der Waals surface area contributed by atoms with Crippen LogP contribution in [0.5, 0.6) is 0 Å². The molecule has 0 atom stereocenters. The van der Waals surface area contributed by atoms with E-state index in [9.17, 15) is 14.0 Å². The molecule has 38 heavy (non-hydrogen) atoms. The number of nitrogen functional groups attached to an aromatic ring is 1. The minimum absolute atomic E-state index is 0.0695. The zero-order valence-electron chi connectivity index (χ0n) is 21.8. The molecular formula is C30H34FN5O2. The van der Waals surface area contributed by atoms with Crippen LogP contribution in [0.25, 0.3) is 11.1 Å². The molecule has 2 aliphatic rings. The second-order valence-corrected chi connectivity index (χ2v) is 10.6. The SMILES string of the molecule is CC(C)(C(=O)Nc1ccc(C(=O)Nc2cc(-c3ccc(F)cc3)ccc2N)cc1)N1CCN(C2CC2)CC1. The fourth-order valence-corrected chi connectivity index (χ4v) is 4.90. The van der Waals surface area contributed by atoms with E-state index in [2.05, 4.69) is 20.4 Å². The number of hydrogen-bond acceptors (Lipinski definition) is 5. The monoisotopic (exact) mass is 515 g/mol. The van der Waals surface area contributed by atoms with Gasteiger partial charge in [-0.05, 0) is 86.3 Å². The lowest BCUT2D eigenvalue weighted by Crippen LogP contribution is -2.59. The molecule has 5 rings (SSSR count). The molecule has 8 heteroatoms. The summed E-state index contributed by atoms with van der Waals surface area (Å²) in [6.45, 7) is 7.68. The van der Waals surface area contributed by atoms with Gasteiger partial charge in [0, 0.05) is 43.5 Å². The molecule has 7 nitrogen and oxygen atoms in total. The van der Waals surface area contributed by atoms with Crippen molar-refractivity contribution in [2.24, 2.45) is 0 Å². The van der Waals surface area contributed by atoms with Crippen LogP contribution >= 0.6 is 0 Å². The van der Waals surface area contributed by atoms with Gasteiger partial charge in [0.15, 0.2) is 0 Å². The fourth-order valence-electron chi connectivity index (χ4n) is 4.90. The standard InChI is InChI=1S/C30H34FN5O2/c1-30(2,36-17-15-35(16-18-36)25-12-13-25)29(38)33-24-10-5-21(6-11-24)28(37)34-27-19-22(7-14-26(27)32)20-3-8-23(31)9-4-20/h3-11,14,19,25H,12-13,15-18,32H2,1-2H3,(H,33,38)(H,34,37). The van der Waals surface area contributed by atoms with Crippen LogP contribution in [0.1, 0.15) is 37.0 Å². The van der Waals surface area contributed by atoms with Crippen LogP contribution in [0, 0.1) is 5.82 Å². The highest BCUT2D eigenvalue weighted by molar-refractivity contribution is 6.06. The van der Waals surface area contributed by atoms with Crippen molar-refractivity contribution in [2.45, 2.75) is 38.3 Å². The number of piperazine rings is 1. The maximum atomic E-state index is 13.3. The number of rotatable bonds is 7. The van der Waals surface area contributed by atoms with Gasteiger partial charge < -0.3 is 16.4 Å². The number of nitrogens with zero attached hydrogens (tertiary/aromatic N) is 2. The summed E-state index contributed by atoms with van der Waals surface area (Å²) >= 11 is 0. The number of amides is 2. The van der Waals surface area contributed by atoms with Crippen LogP contribution in [0.15, 0.2) is 66.7 Å². The molecule has 1 saturated heterocycles. The Bertz CT molecular complexity index is 1310. The van der Waals surface area contributed by atoms with Crippen molar-refractivity contribution < 1.29 is 14.0 Å². The van der Waals surface area contributed by atoms with Crippen molar-refractivity contribution in [2.75, 3.05) is 42.5 Å². The van der Waals surface area contributed by atoms with Gasteiger partial charge in [0.05, 0.1) is 16.9 Å². The van der Waals surface area contributed by atoms with Crippen molar-refractivity contribution in [3.05, 3.63) is 78.1 Å². The molecule has 1 aliphatic carbocycles. The Kier molecular flexibility index (Phi) is 7.19. The molecule has 0 bridgehead atoms. The van der Waals surface area contributed by atoms with Gasteiger partial charge in [-0.15, -0.1) is 0 Å². The van der Waals surface area contributed by atoms with E-state index in [0.717, 1.165) is 43.3 Å². The molecule has 3 aromatic carbocycles. The largest absolute Gasteiger partial charge is 0.397 e. The molecule has 3 aromatic rings. The second-order valence-electron chi connectivity index (χ2n) is 10.6. The minimum Gasteiger partial charge on any atom is -0.397 e. The van der Waals surface area contributed by atoms with E-state index in [1.807, 2.05) is 19.9 Å². The maximum absolute atomic E-state index is 13.3. The second kappa shape index (κ2) is 10.6. The predicted molar refractivity (Wildman–Crippen MR) is 150 cm³/mol. The molecule has 198 valence electrons. The number of halogens is 1. The zero-order valence-corrected chi connectivity index (χ0v) is 21.8. The van der Waals surface area contributed by atoms with Crippen molar-refractivity contribution in [3.63, 3.8) is 0 Å². The molecular weight excluding hydrogens is 481 g/mol. The number of hydrogen-bond donors (Lipinski definition) is 3. The summed E-state index contributed by atoms with van der Waals surface area (Å²) in [5.41, 5.74) is 9.04. The molecule has 0 spiro atoms. The molecule has 0 radical (unpaired) electrons. The predicted octanol–water partition coefficient (Wildman–Crippen LogP) is 4.82. The van der Waals surface area contributed by atoms with Crippen LogP contribution < -0.4 is 16.4 Å². The quantitative estimate of drug-likeness (QED) is 0.393. The minimum atomic E-state index is -0.640. The zero-order chi connectivity index (χ0) is 26.9. The Labute approximate surface area is 222 Å². The summed E-state index contributed by atoms with van der Waals surface area (Å²) in [5, 5.41) is 5.86. The van der Waals surface area contributed by atoms with E-state index in [1.165, 1.54) is 25.0 Å². The van der Waals surface area contributed by atoms with Gasteiger partial charge in [0.2, 0.25) is 5.91 Å². The summed E-state index contributed by atoms with van der Waals surface area (Å²) < 4.78 is 13.3. The van der Waals surface area contributed by atoms with Crippen LogP contribution in [0.2, 0.25) is 0 Å². The Morgan fingerprint density at radius 2 is 1.50 bits per heavy atom. The number of anilines is 3. The average Bonchev–Trinajstić information content (AvgIpc) is 3.77. The average molecular weight is 516 g/mol. The van der Waals surface area contributed by atoms with Gasteiger partial charge in [0.25, 0.3) is 5.91 Å². The summed E-state index contributed by atoms with van der Waals surface area (Å²) in [6, 6.07) is 19.0. The lowest BCUT2D eigenvalue weighted by Gasteiger charge is -2.43. The first-order valence-corrected chi connectivity index (χ1v) is 13.1. The Morgan fingerprint density at radius 1 is 0.868 bits per heavy atom. The first-order chi connectivity index (χ1) is 18.2. The third-order valence-corrected chi connectivity index (χ3v) is 7.61. The first kappa shape index (κ1) is 25.9. The van der Waals surface area contributed by atoms with Gasteiger partial charge >= 0.3 is 0 Å². The lowest BCUT2D eigenvalue weighted by atomic mass is 10.00. The van der Waals surface area contributed by atoms with Crippen LogP contribution in [0.3, 0.4) is 0 Å². The number of carbonyl (C=O) groups excluding carboxylic acids is 2. The molecule has 2 amide bonds. The highest BCUT2D eigenvalue weighted by Crippen LogP contribution is 2.30. The smallest absolute Gasteiger partial charge is 0.255 e. The Balaban J connectivity index is 1.20. The van der Waals surface area contributed by atoms with Gasteiger partial charge in [-0.1, -0.05) is 18.2 Å². The van der Waals surface area contributed by atoms with Crippen molar-refractivity contribution in [1.82, 2.24) is 9.80 Å². The van der Waals surface area contributed by atoms with Crippen LogP contribution in [-0.4, -0.2) is 59.4 Å². The van der Waals surface area contributed by atoms with Crippen LogP contribution in [0.4, 0.5) is 21.5 Å². The van der Waals surface area contributed by atoms with Crippen molar-refractivity contribution in [3.8, 4) is 11.1 Å². The van der Waals surface area contributed by atoms with E-state index in [0.29, 0.717) is 22.6 Å². The van der Waals surface area contributed by atoms with E-state index in [-0.39, 0.29) is 17.6 Å². The molecule has 0 aromatic heterocycles. The van der Waals surface area contributed by atoms with Gasteiger partial charge in [-0.25, -0.2) is 4.39 Å². The molecule has 1 heterocycles. The topological polar surface area (TPSA) is 90.7 Å². The van der Waals surface area contributed by atoms with E-state index < -0.39 is 5.54 Å². The Morgan fingerprint density at radius 3 is 2.13 bits per heavy atom. The normalized spacial score (nSPS) is 16.7.